The van der Waals surface area contributed by atoms with E-state index in [1.807, 2.05) is 39.5 Å². The zero-order chi connectivity index (χ0) is 14.7. The van der Waals surface area contributed by atoms with Crippen LogP contribution in [0.15, 0.2) is 0 Å². The maximum Gasteiger partial charge on any atom is 0.410 e. The third-order valence-corrected chi connectivity index (χ3v) is 4.26. The van der Waals surface area contributed by atoms with Gasteiger partial charge in [-0.1, -0.05) is 27.2 Å². The Bertz CT molecular complexity index is 298. The van der Waals surface area contributed by atoms with Gasteiger partial charge in [0.05, 0.1) is 0 Å². The van der Waals surface area contributed by atoms with E-state index in [-0.39, 0.29) is 11.7 Å². The fourth-order valence-corrected chi connectivity index (χ4v) is 3.08. The van der Waals surface area contributed by atoms with Gasteiger partial charge >= 0.3 is 6.09 Å². The zero-order valence-corrected chi connectivity index (χ0v) is 13.6. The van der Waals surface area contributed by atoms with E-state index in [4.69, 9.17) is 4.74 Å². The first kappa shape index (κ1) is 16.3. The molecule has 112 valence electrons. The molecule has 1 atom stereocenters. The van der Waals surface area contributed by atoms with Gasteiger partial charge in [0.15, 0.2) is 0 Å². The molecule has 2 aliphatic rings. The molecule has 0 aromatic rings. The molecule has 0 aromatic heterocycles. The lowest BCUT2D eigenvalue weighted by Crippen LogP contribution is -2.42. The van der Waals surface area contributed by atoms with Gasteiger partial charge in [-0.2, -0.15) is 0 Å². The van der Waals surface area contributed by atoms with Crippen LogP contribution in [0.5, 0.6) is 0 Å². The molecule has 1 saturated carbocycles. The number of nitrogens with zero attached hydrogens (tertiary/aromatic N) is 1. The molecular weight excluding hydrogens is 238 g/mol. The lowest BCUT2D eigenvalue weighted by atomic mass is 9.90. The lowest BCUT2D eigenvalue weighted by molar-refractivity contribution is 0.0165. The summed E-state index contributed by atoms with van der Waals surface area (Å²) in [5, 5.41) is 0. The maximum atomic E-state index is 11.9. The molecule has 1 aliphatic carbocycles. The SMILES string of the molecule is CC.CCC1CC12CCN(C(=O)OC(C)(C)C)CC2. The van der Waals surface area contributed by atoms with Crippen molar-refractivity contribution in [2.45, 2.75) is 72.8 Å². The number of ether oxygens (including phenoxy) is 1. The normalized spacial score (nSPS) is 24.5. The van der Waals surface area contributed by atoms with Crippen molar-refractivity contribution in [3.8, 4) is 0 Å². The van der Waals surface area contributed by atoms with Gasteiger partial charge < -0.3 is 9.64 Å². The predicted molar refractivity (Wildman–Crippen MR) is 79.2 cm³/mol. The molecular formula is C16H31NO2. The number of rotatable bonds is 1. The highest BCUT2D eigenvalue weighted by atomic mass is 16.6. The molecule has 1 saturated heterocycles. The van der Waals surface area contributed by atoms with Crippen LogP contribution in [-0.4, -0.2) is 29.7 Å². The molecule has 0 radical (unpaired) electrons. The average Bonchev–Trinajstić information content (AvgIpc) is 3.03. The van der Waals surface area contributed by atoms with E-state index in [1.54, 1.807) is 0 Å². The third-order valence-electron chi connectivity index (χ3n) is 4.26. The number of hydrogen-bond acceptors (Lipinski definition) is 2. The molecule has 1 aliphatic heterocycles. The molecule has 19 heavy (non-hydrogen) atoms. The first-order valence-electron chi connectivity index (χ1n) is 7.84. The Hall–Kier alpha value is -0.730. The van der Waals surface area contributed by atoms with Gasteiger partial charge in [-0.15, -0.1) is 0 Å². The van der Waals surface area contributed by atoms with Crippen molar-refractivity contribution in [1.29, 1.82) is 0 Å². The zero-order valence-electron chi connectivity index (χ0n) is 13.6. The van der Waals surface area contributed by atoms with Gasteiger partial charge in [-0.25, -0.2) is 4.79 Å². The quantitative estimate of drug-likeness (QED) is 0.703. The Morgan fingerprint density at radius 1 is 1.26 bits per heavy atom. The summed E-state index contributed by atoms with van der Waals surface area (Å²) in [6, 6.07) is 0. The van der Waals surface area contributed by atoms with E-state index >= 15 is 0 Å². The van der Waals surface area contributed by atoms with Gasteiger partial charge in [0.2, 0.25) is 0 Å². The van der Waals surface area contributed by atoms with Crippen LogP contribution in [0.2, 0.25) is 0 Å². The predicted octanol–water partition coefficient (Wildman–Crippen LogP) is 4.46. The van der Waals surface area contributed by atoms with Crippen molar-refractivity contribution < 1.29 is 9.53 Å². The molecule has 1 unspecified atom stereocenters. The Kier molecular flexibility index (Phi) is 5.28. The molecule has 1 spiro atoms. The number of carbonyl (C=O) groups is 1. The topological polar surface area (TPSA) is 29.5 Å². The van der Waals surface area contributed by atoms with Crippen LogP contribution in [-0.2, 0) is 4.74 Å². The summed E-state index contributed by atoms with van der Waals surface area (Å²) in [5.74, 6) is 0.920. The molecule has 1 amide bonds. The summed E-state index contributed by atoms with van der Waals surface area (Å²) in [5.41, 5.74) is 0.213. The van der Waals surface area contributed by atoms with Gasteiger partial charge in [0.25, 0.3) is 0 Å². The molecule has 0 aromatic carbocycles. The summed E-state index contributed by atoms with van der Waals surface area (Å²) in [6.07, 6.45) is 4.88. The highest BCUT2D eigenvalue weighted by molar-refractivity contribution is 5.68. The first-order valence-corrected chi connectivity index (χ1v) is 7.84. The number of amides is 1. The Morgan fingerprint density at radius 3 is 2.16 bits per heavy atom. The molecule has 3 heteroatoms. The summed E-state index contributed by atoms with van der Waals surface area (Å²) < 4.78 is 5.41. The summed E-state index contributed by atoms with van der Waals surface area (Å²) in [4.78, 5) is 13.8. The second kappa shape index (κ2) is 6.15. The number of hydrogen-bond donors (Lipinski definition) is 0. The van der Waals surface area contributed by atoms with E-state index < -0.39 is 0 Å². The molecule has 0 N–H and O–H groups in total. The smallest absolute Gasteiger partial charge is 0.410 e. The highest BCUT2D eigenvalue weighted by Gasteiger charge is 2.53. The second-order valence-corrected chi connectivity index (χ2v) is 6.64. The first-order chi connectivity index (χ1) is 8.86. The van der Waals surface area contributed by atoms with Gasteiger partial charge in [0.1, 0.15) is 5.60 Å². The monoisotopic (exact) mass is 269 g/mol. The summed E-state index contributed by atoms with van der Waals surface area (Å²) in [7, 11) is 0. The number of likely N-dealkylation sites (tertiary alicyclic amines) is 1. The second-order valence-electron chi connectivity index (χ2n) is 6.64. The minimum Gasteiger partial charge on any atom is -0.444 e. The standard InChI is InChI=1S/C14H25NO2.C2H6/c1-5-11-10-14(11)6-8-15(9-7-14)12(16)17-13(2,3)4;1-2/h11H,5-10H2,1-4H3;1-2H3. The van der Waals surface area contributed by atoms with Crippen LogP contribution in [0.4, 0.5) is 4.79 Å². The van der Waals surface area contributed by atoms with Crippen LogP contribution < -0.4 is 0 Å². The number of piperidine rings is 1. The van der Waals surface area contributed by atoms with E-state index in [9.17, 15) is 4.79 Å². The lowest BCUT2D eigenvalue weighted by Gasteiger charge is -2.34. The molecule has 2 rings (SSSR count). The van der Waals surface area contributed by atoms with E-state index in [1.165, 1.54) is 25.7 Å². The van der Waals surface area contributed by atoms with Crippen molar-refractivity contribution in [3.63, 3.8) is 0 Å². The fraction of sp³-hybridized carbons (Fsp3) is 0.938. The Morgan fingerprint density at radius 2 is 1.79 bits per heavy atom. The Labute approximate surface area is 118 Å². The van der Waals surface area contributed by atoms with Crippen molar-refractivity contribution in [3.05, 3.63) is 0 Å². The highest BCUT2D eigenvalue weighted by Crippen LogP contribution is 2.60. The summed E-state index contributed by atoms with van der Waals surface area (Å²) >= 11 is 0. The number of carbonyl (C=O) groups excluding carboxylic acids is 1. The van der Waals surface area contributed by atoms with Gasteiger partial charge in [0, 0.05) is 13.1 Å². The molecule has 1 heterocycles. The molecule has 3 nitrogen and oxygen atoms in total. The van der Waals surface area contributed by atoms with E-state index in [0.717, 1.165) is 19.0 Å². The van der Waals surface area contributed by atoms with E-state index in [0.29, 0.717) is 5.41 Å². The largest absolute Gasteiger partial charge is 0.444 e. The third kappa shape index (κ3) is 4.12. The maximum absolute atomic E-state index is 11.9. The fourth-order valence-electron chi connectivity index (χ4n) is 3.08. The minimum atomic E-state index is -0.377. The van der Waals surface area contributed by atoms with Crippen LogP contribution in [0, 0.1) is 11.3 Å². The van der Waals surface area contributed by atoms with Crippen molar-refractivity contribution >= 4 is 6.09 Å². The van der Waals surface area contributed by atoms with E-state index in [2.05, 4.69) is 6.92 Å². The Balaban J connectivity index is 0.000000861. The average molecular weight is 269 g/mol. The van der Waals surface area contributed by atoms with Gasteiger partial charge in [-0.3, -0.25) is 0 Å². The van der Waals surface area contributed by atoms with Crippen LogP contribution >= 0.6 is 0 Å². The van der Waals surface area contributed by atoms with Crippen LogP contribution in [0.25, 0.3) is 0 Å². The van der Waals surface area contributed by atoms with Crippen molar-refractivity contribution in [2.75, 3.05) is 13.1 Å². The minimum absolute atomic E-state index is 0.138. The van der Waals surface area contributed by atoms with Gasteiger partial charge in [-0.05, 0) is 51.4 Å². The van der Waals surface area contributed by atoms with Crippen molar-refractivity contribution in [2.24, 2.45) is 11.3 Å². The molecule has 0 bridgehead atoms. The molecule has 2 fully saturated rings. The summed E-state index contributed by atoms with van der Waals surface area (Å²) in [6.45, 7) is 13.8. The van der Waals surface area contributed by atoms with Crippen LogP contribution in [0.3, 0.4) is 0 Å². The van der Waals surface area contributed by atoms with Crippen LogP contribution in [0.1, 0.15) is 67.2 Å². The van der Waals surface area contributed by atoms with Crippen molar-refractivity contribution in [1.82, 2.24) is 4.90 Å².